The Bertz CT molecular complexity index is 1050. The molecule has 0 aliphatic rings. The molecule has 1 heterocycles. The molecule has 4 rings (SSSR count). The summed E-state index contributed by atoms with van der Waals surface area (Å²) in [5.41, 5.74) is 6.75. The first kappa shape index (κ1) is 15.5. The maximum Gasteiger partial charge on any atom is 0.145 e. The van der Waals surface area contributed by atoms with Gasteiger partial charge in [-0.05, 0) is 55.3 Å². The molecule has 0 radical (unpaired) electrons. The smallest absolute Gasteiger partial charge is 0.145 e. The highest BCUT2D eigenvalue weighted by molar-refractivity contribution is 5.84. The van der Waals surface area contributed by atoms with Crippen molar-refractivity contribution in [1.29, 1.82) is 0 Å². The summed E-state index contributed by atoms with van der Waals surface area (Å²) in [6.45, 7) is 4.27. The molecule has 124 valence electrons. The highest BCUT2D eigenvalue weighted by Gasteiger charge is 2.15. The van der Waals surface area contributed by atoms with Crippen LogP contribution in [0.25, 0.3) is 28.1 Å². The lowest BCUT2D eigenvalue weighted by Gasteiger charge is -2.11. The fourth-order valence-corrected chi connectivity index (χ4v) is 3.09. The number of methoxy groups -OCH3 is 1. The Kier molecular flexibility index (Phi) is 3.77. The van der Waals surface area contributed by atoms with Crippen LogP contribution >= 0.6 is 0 Å². The minimum Gasteiger partial charge on any atom is -0.497 e. The lowest BCUT2D eigenvalue weighted by Crippen LogP contribution is -1.98. The van der Waals surface area contributed by atoms with Gasteiger partial charge in [0, 0.05) is 17.3 Å². The van der Waals surface area contributed by atoms with Crippen LogP contribution in [-0.4, -0.2) is 16.7 Å². The van der Waals surface area contributed by atoms with E-state index in [-0.39, 0.29) is 0 Å². The average molecular weight is 328 g/mol. The van der Waals surface area contributed by atoms with Gasteiger partial charge in [-0.1, -0.05) is 30.3 Å². The van der Waals surface area contributed by atoms with E-state index >= 15 is 0 Å². The maximum absolute atomic E-state index is 5.42. The van der Waals surface area contributed by atoms with Crippen molar-refractivity contribution < 1.29 is 4.74 Å². The van der Waals surface area contributed by atoms with Crippen molar-refractivity contribution in [2.24, 2.45) is 0 Å². The van der Waals surface area contributed by atoms with Gasteiger partial charge in [0.1, 0.15) is 11.6 Å². The molecule has 0 saturated heterocycles. The zero-order chi connectivity index (χ0) is 17.4. The van der Waals surface area contributed by atoms with Crippen molar-refractivity contribution in [1.82, 2.24) is 9.55 Å². The molecular formula is C22H20N2O. The van der Waals surface area contributed by atoms with Gasteiger partial charge < -0.3 is 4.74 Å². The van der Waals surface area contributed by atoms with Crippen molar-refractivity contribution in [3.05, 3.63) is 77.9 Å². The third-order valence-corrected chi connectivity index (χ3v) is 4.64. The van der Waals surface area contributed by atoms with Crippen molar-refractivity contribution in [2.45, 2.75) is 13.8 Å². The van der Waals surface area contributed by atoms with Crippen molar-refractivity contribution >= 4 is 11.0 Å². The van der Waals surface area contributed by atoms with Crippen LogP contribution in [0.1, 0.15) is 11.1 Å². The van der Waals surface area contributed by atoms with Gasteiger partial charge in [0.15, 0.2) is 0 Å². The van der Waals surface area contributed by atoms with Crippen molar-refractivity contribution in [3.63, 3.8) is 0 Å². The normalized spacial score (nSPS) is 11.0. The number of fused-ring (bicyclic) bond motifs is 1. The van der Waals surface area contributed by atoms with Crippen LogP contribution in [0.4, 0.5) is 0 Å². The topological polar surface area (TPSA) is 27.1 Å². The minimum atomic E-state index is 0.830. The lowest BCUT2D eigenvalue weighted by molar-refractivity contribution is 0.415. The second-order valence-corrected chi connectivity index (χ2v) is 6.26. The molecule has 0 fully saturated rings. The van der Waals surface area contributed by atoms with Crippen LogP contribution < -0.4 is 4.74 Å². The molecule has 0 aliphatic heterocycles. The quantitative estimate of drug-likeness (QED) is 0.509. The first-order valence-electron chi connectivity index (χ1n) is 8.37. The van der Waals surface area contributed by atoms with Gasteiger partial charge in [0.2, 0.25) is 0 Å². The zero-order valence-electron chi connectivity index (χ0n) is 14.7. The number of hydrogen-bond donors (Lipinski definition) is 0. The molecule has 0 unspecified atom stereocenters. The Labute approximate surface area is 147 Å². The van der Waals surface area contributed by atoms with Gasteiger partial charge in [0.05, 0.1) is 18.1 Å². The van der Waals surface area contributed by atoms with E-state index in [2.05, 4.69) is 48.7 Å². The van der Waals surface area contributed by atoms with Crippen LogP contribution in [0.5, 0.6) is 5.75 Å². The molecule has 3 nitrogen and oxygen atoms in total. The SMILES string of the molecule is COc1ccc2nc(-c3ccc(C)c(C)c3)n(-c3ccccc3)c2c1. The molecule has 3 heteroatoms. The van der Waals surface area contributed by atoms with E-state index < -0.39 is 0 Å². The number of hydrogen-bond acceptors (Lipinski definition) is 2. The molecule has 0 aliphatic carbocycles. The Balaban J connectivity index is 2.04. The predicted octanol–water partition coefficient (Wildman–Crippen LogP) is 5.32. The largest absolute Gasteiger partial charge is 0.497 e. The summed E-state index contributed by atoms with van der Waals surface area (Å²) in [5, 5.41) is 0. The van der Waals surface area contributed by atoms with E-state index in [4.69, 9.17) is 9.72 Å². The Morgan fingerprint density at radius 3 is 2.36 bits per heavy atom. The lowest BCUT2D eigenvalue weighted by atomic mass is 10.1. The van der Waals surface area contributed by atoms with Gasteiger partial charge >= 0.3 is 0 Å². The van der Waals surface area contributed by atoms with Crippen LogP contribution in [-0.2, 0) is 0 Å². The molecule has 0 N–H and O–H groups in total. The maximum atomic E-state index is 5.42. The van der Waals surface area contributed by atoms with Crippen molar-refractivity contribution in [3.8, 4) is 22.8 Å². The number of para-hydroxylation sites is 1. The molecule has 0 atom stereocenters. The number of imidazole rings is 1. The van der Waals surface area contributed by atoms with E-state index in [0.29, 0.717) is 0 Å². The standard InChI is InChI=1S/C22H20N2O/c1-15-9-10-17(13-16(15)2)22-23-20-12-11-19(25-3)14-21(20)24(22)18-7-5-4-6-8-18/h4-14H,1-3H3. The monoisotopic (exact) mass is 328 g/mol. The van der Waals surface area contributed by atoms with Crippen LogP contribution in [0, 0.1) is 13.8 Å². The summed E-state index contributed by atoms with van der Waals surface area (Å²) < 4.78 is 7.62. The molecule has 3 aromatic carbocycles. The first-order valence-corrected chi connectivity index (χ1v) is 8.37. The van der Waals surface area contributed by atoms with E-state index in [1.807, 2.05) is 36.4 Å². The summed E-state index contributed by atoms with van der Waals surface area (Å²) >= 11 is 0. The molecule has 0 amide bonds. The molecule has 25 heavy (non-hydrogen) atoms. The second-order valence-electron chi connectivity index (χ2n) is 6.26. The molecule has 0 saturated carbocycles. The fourth-order valence-electron chi connectivity index (χ4n) is 3.09. The molecule has 4 aromatic rings. The van der Waals surface area contributed by atoms with E-state index in [9.17, 15) is 0 Å². The average Bonchev–Trinajstić information content (AvgIpc) is 3.03. The highest BCUT2D eigenvalue weighted by atomic mass is 16.5. The second kappa shape index (κ2) is 6.10. The summed E-state index contributed by atoms with van der Waals surface area (Å²) in [6, 6.07) is 22.8. The molecule has 0 spiro atoms. The Morgan fingerprint density at radius 1 is 0.840 bits per heavy atom. The Morgan fingerprint density at radius 2 is 1.64 bits per heavy atom. The van der Waals surface area contributed by atoms with Crippen LogP contribution in [0.3, 0.4) is 0 Å². The number of rotatable bonds is 3. The number of ether oxygens (including phenoxy) is 1. The van der Waals surface area contributed by atoms with E-state index in [1.54, 1.807) is 7.11 Å². The van der Waals surface area contributed by atoms with Gasteiger partial charge in [-0.3, -0.25) is 4.57 Å². The summed E-state index contributed by atoms with van der Waals surface area (Å²) in [5.74, 6) is 1.77. The highest BCUT2D eigenvalue weighted by Crippen LogP contribution is 2.31. The zero-order valence-corrected chi connectivity index (χ0v) is 14.7. The summed E-state index contributed by atoms with van der Waals surface area (Å²) in [7, 11) is 1.69. The van der Waals surface area contributed by atoms with Gasteiger partial charge in [-0.15, -0.1) is 0 Å². The number of nitrogens with zero attached hydrogens (tertiary/aromatic N) is 2. The fraction of sp³-hybridized carbons (Fsp3) is 0.136. The number of aromatic nitrogens is 2. The Hall–Kier alpha value is -3.07. The third kappa shape index (κ3) is 2.68. The summed E-state index contributed by atoms with van der Waals surface area (Å²) in [4.78, 5) is 4.91. The minimum absolute atomic E-state index is 0.830. The van der Waals surface area contributed by atoms with E-state index in [1.165, 1.54) is 11.1 Å². The number of aryl methyl sites for hydroxylation is 2. The van der Waals surface area contributed by atoms with Crippen molar-refractivity contribution in [2.75, 3.05) is 7.11 Å². The van der Waals surface area contributed by atoms with E-state index in [0.717, 1.165) is 33.9 Å². The van der Waals surface area contributed by atoms with Gasteiger partial charge in [-0.2, -0.15) is 0 Å². The van der Waals surface area contributed by atoms with Gasteiger partial charge in [0.25, 0.3) is 0 Å². The predicted molar refractivity (Wildman–Crippen MR) is 103 cm³/mol. The molecule has 1 aromatic heterocycles. The molecule has 0 bridgehead atoms. The van der Waals surface area contributed by atoms with Gasteiger partial charge in [-0.25, -0.2) is 4.98 Å². The molecular weight excluding hydrogens is 308 g/mol. The number of benzene rings is 3. The summed E-state index contributed by atoms with van der Waals surface area (Å²) in [6.07, 6.45) is 0. The first-order chi connectivity index (χ1) is 12.2. The third-order valence-electron chi connectivity index (χ3n) is 4.64. The van der Waals surface area contributed by atoms with Crippen LogP contribution in [0.2, 0.25) is 0 Å². The van der Waals surface area contributed by atoms with Crippen LogP contribution in [0.15, 0.2) is 66.7 Å².